The molecule has 2 rings (SSSR count). The second kappa shape index (κ2) is 5.91. The molecule has 0 radical (unpaired) electrons. The van der Waals surface area contributed by atoms with E-state index in [0.717, 1.165) is 25.9 Å². The molecule has 1 aromatic heterocycles. The zero-order valence-corrected chi connectivity index (χ0v) is 12.4. The van der Waals surface area contributed by atoms with E-state index < -0.39 is 0 Å². The van der Waals surface area contributed by atoms with Crippen LogP contribution in [0.2, 0.25) is 5.15 Å². The van der Waals surface area contributed by atoms with Gasteiger partial charge in [0, 0.05) is 19.3 Å². The fourth-order valence-corrected chi connectivity index (χ4v) is 2.94. The van der Waals surface area contributed by atoms with Crippen LogP contribution in [0.1, 0.15) is 49.9 Å². The van der Waals surface area contributed by atoms with Gasteiger partial charge in [-0.05, 0) is 30.4 Å². The summed E-state index contributed by atoms with van der Waals surface area (Å²) >= 11 is 5.74. The van der Waals surface area contributed by atoms with E-state index in [0.29, 0.717) is 16.1 Å². The maximum Gasteiger partial charge on any atom is 0.255 e. The zero-order valence-electron chi connectivity index (χ0n) is 11.7. The predicted octanol–water partition coefficient (Wildman–Crippen LogP) is 3.78. The van der Waals surface area contributed by atoms with Crippen molar-refractivity contribution in [1.82, 2.24) is 9.88 Å². The molecule has 1 aliphatic heterocycles. The lowest BCUT2D eigenvalue weighted by molar-refractivity contribution is 0.0557. The Morgan fingerprint density at radius 3 is 2.42 bits per heavy atom. The van der Waals surface area contributed by atoms with E-state index in [1.54, 1.807) is 18.3 Å². The first-order chi connectivity index (χ1) is 9.10. The summed E-state index contributed by atoms with van der Waals surface area (Å²) in [6, 6.07) is 3.42. The Morgan fingerprint density at radius 2 is 1.95 bits per heavy atom. The second-order valence-electron chi connectivity index (χ2n) is 5.37. The maximum absolute atomic E-state index is 12.3. The fraction of sp³-hybridized carbons (Fsp3) is 0.600. The third-order valence-electron chi connectivity index (χ3n) is 4.59. The lowest BCUT2D eigenvalue weighted by Gasteiger charge is -2.41. The average molecular weight is 281 g/mol. The quantitative estimate of drug-likeness (QED) is 0.790. The van der Waals surface area contributed by atoms with Crippen LogP contribution in [0.3, 0.4) is 0 Å². The van der Waals surface area contributed by atoms with Crippen LogP contribution in [-0.2, 0) is 0 Å². The van der Waals surface area contributed by atoms with Crippen LogP contribution >= 0.6 is 11.6 Å². The van der Waals surface area contributed by atoms with Gasteiger partial charge in [0.05, 0.1) is 5.56 Å². The molecule has 0 spiro atoms. The molecule has 4 heteroatoms. The fourth-order valence-electron chi connectivity index (χ4n) is 2.83. The van der Waals surface area contributed by atoms with Gasteiger partial charge >= 0.3 is 0 Å². The Bertz CT molecular complexity index is 430. The lowest BCUT2D eigenvalue weighted by Crippen LogP contribution is -2.42. The molecular weight excluding hydrogens is 260 g/mol. The van der Waals surface area contributed by atoms with Gasteiger partial charge in [-0.3, -0.25) is 4.79 Å². The monoisotopic (exact) mass is 280 g/mol. The average Bonchev–Trinajstić information content (AvgIpc) is 2.47. The molecule has 104 valence electrons. The molecule has 0 saturated carbocycles. The van der Waals surface area contributed by atoms with Gasteiger partial charge in [-0.15, -0.1) is 0 Å². The van der Waals surface area contributed by atoms with Crippen molar-refractivity contribution >= 4 is 17.5 Å². The zero-order chi connectivity index (χ0) is 13.9. The van der Waals surface area contributed by atoms with Crippen molar-refractivity contribution < 1.29 is 4.79 Å². The minimum atomic E-state index is 0.0740. The second-order valence-corrected chi connectivity index (χ2v) is 5.76. The van der Waals surface area contributed by atoms with Crippen LogP contribution < -0.4 is 0 Å². The summed E-state index contributed by atoms with van der Waals surface area (Å²) in [6.45, 7) is 6.21. The molecule has 0 aliphatic carbocycles. The summed E-state index contributed by atoms with van der Waals surface area (Å²) in [6.07, 6.45) is 6.17. The molecule has 1 aromatic rings. The SMILES string of the molecule is CCC1(CC)CCN(C(=O)c2ccc(Cl)nc2)CC1. The van der Waals surface area contributed by atoms with Crippen LogP contribution in [0, 0.1) is 5.41 Å². The van der Waals surface area contributed by atoms with Gasteiger partial charge in [0.2, 0.25) is 0 Å². The first-order valence-electron chi connectivity index (χ1n) is 7.01. The van der Waals surface area contributed by atoms with Crippen LogP contribution in [0.15, 0.2) is 18.3 Å². The largest absolute Gasteiger partial charge is 0.339 e. The maximum atomic E-state index is 12.3. The first kappa shape index (κ1) is 14.3. The van der Waals surface area contributed by atoms with Crippen molar-refractivity contribution in [1.29, 1.82) is 0 Å². The molecule has 2 heterocycles. The normalized spacial score (nSPS) is 18.4. The number of carbonyl (C=O) groups excluding carboxylic acids is 1. The van der Waals surface area contributed by atoms with E-state index in [-0.39, 0.29) is 5.91 Å². The van der Waals surface area contributed by atoms with Gasteiger partial charge in [0.1, 0.15) is 5.15 Å². The number of amides is 1. The molecule has 1 saturated heterocycles. The van der Waals surface area contributed by atoms with Crippen LogP contribution in [0.5, 0.6) is 0 Å². The van der Waals surface area contributed by atoms with Crippen molar-refractivity contribution in [3.63, 3.8) is 0 Å². The Hall–Kier alpha value is -1.09. The molecule has 0 bridgehead atoms. The number of rotatable bonds is 3. The summed E-state index contributed by atoms with van der Waals surface area (Å²) < 4.78 is 0. The highest BCUT2D eigenvalue weighted by molar-refractivity contribution is 6.29. The number of nitrogens with zero attached hydrogens (tertiary/aromatic N) is 2. The summed E-state index contributed by atoms with van der Waals surface area (Å²) in [5.74, 6) is 0.0740. The Kier molecular flexibility index (Phi) is 4.46. The lowest BCUT2D eigenvalue weighted by atomic mass is 9.74. The molecule has 1 fully saturated rings. The minimum Gasteiger partial charge on any atom is -0.339 e. The molecule has 0 N–H and O–H groups in total. The summed E-state index contributed by atoms with van der Waals surface area (Å²) in [5.41, 5.74) is 1.07. The number of likely N-dealkylation sites (tertiary alicyclic amines) is 1. The highest BCUT2D eigenvalue weighted by Gasteiger charge is 2.33. The highest BCUT2D eigenvalue weighted by atomic mass is 35.5. The molecule has 0 unspecified atom stereocenters. The molecular formula is C15H21ClN2O. The van der Waals surface area contributed by atoms with E-state index in [4.69, 9.17) is 11.6 Å². The number of pyridine rings is 1. The van der Waals surface area contributed by atoms with E-state index in [9.17, 15) is 4.79 Å². The Balaban J connectivity index is 2.01. The van der Waals surface area contributed by atoms with Crippen LogP contribution in [-0.4, -0.2) is 28.9 Å². The first-order valence-corrected chi connectivity index (χ1v) is 7.39. The smallest absolute Gasteiger partial charge is 0.255 e. The van der Waals surface area contributed by atoms with E-state index in [1.807, 2.05) is 4.90 Å². The topological polar surface area (TPSA) is 33.2 Å². The Labute approximate surface area is 120 Å². The van der Waals surface area contributed by atoms with Gasteiger partial charge < -0.3 is 4.90 Å². The number of halogens is 1. The summed E-state index contributed by atoms with van der Waals surface area (Å²) in [7, 11) is 0. The standard InChI is InChI=1S/C15H21ClN2O/c1-3-15(4-2)7-9-18(10-8-15)14(19)12-5-6-13(16)17-11-12/h5-6,11H,3-4,7-10H2,1-2H3. The van der Waals surface area contributed by atoms with Crippen molar-refractivity contribution in [2.45, 2.75) is 39.5 Å². The van der Waals surface area contributed by atoms with E-state index >= 15 is 0 Å². The summed E-state index contributed by atoms with van der Waals surface area (Å²) in [5, 5.41) is 0.422. The van der Waals surface area contributed by atoms with Gasteiger partial charge in [0.15, 0.2) is 0 Å². The van der Waals surface area contributed by atoms with Gasteiger partial charge in [0.25, 0.3) is 5.91 Å². The molecule has 0 atom stereocenters. The van der Waals surface area contributed by atoms with Crippen molar-refractivity contribution in [2.75, 3.05) is 13.1 Å². The van der Waals surface area contributed by atoms with Gasteiger partial charge in [-0.25, -0.2) is 4.98 Å². The highest BCUT2D eigenvalue weighted by Crippen LogP contribution is 2.38. The minimum absolute atomic E-state index is 0.0740. The van der Waals surface area contributed by atoms with E-state index in [1.165, 1.54) is 12.8 Å². The van der Waals surface area contributed by atoms with Crippen LogP contribution in [0.4, 0.5) is 0 Å². The predicted molar refractivity (Wildman–Crippen MR) is 77.4 cm³/mol. The third kappa shape index (κ3) is 3.08. The number of hydrogen-bond donors (Lipinski definition) is 0. The van der Waals surface area contributed by atoms with Crippen molar-refractivity contribution in [3.05, 3.63) is 29.0 Å². The van der Waals surface area contributed by atoms with Gasteiger partial charge in [-0.2, -0.15) is 0 Å². The molecule has 19 heavy (non-hydrogen) atoms. The number of aromatic nitrogens is 1. The number of carbonyl (C=O) groups is 1. The van der Waals surface area contributed by atoms with Gasteiger partial charge in [-0.1, -0.05) is 38.3 Å². The number of hydrogen-bond acceptors (Lipinski definition) is 2. The summed E-state index contributed by atoms with van der Waals surface area (Å²) in [4.78, 5) is 18.3. The van der Waals surface area contributed by atoms with E-state index in [2.05, 4.69) is 18.8 Å². The third-order valence-corrected chi connectivity index (χ3v) is 4.81. The number of piperidine rings is 1. The molecule has 1 amide bonds. The van der Waals surface area contributed by atoms with Crippen LogP contribution in [0.25, 0.3) is 0 Å². The van der Waals surface area contributed by atoms with Crippen molar-refractivity contribution in [2.24, 2.45) is 5.41 Å². The molecule has 1 aliphatic rings. The molecule has 3 nitrogen and oxygen atoms in total. The van der Waals surface area contributed by atoms with Crippen molar-refractivity contribution in [3.8, 4) is 0 Å². The molecule has 0 aromatic carbocycles. The Morgan fingerprint density at radius 1 is 1.32 bits per heavy atom.